The normalized spacial score (nSPS) is 13.7. The average Bonchev–Trinajstić information content (AvgIpc) is 3.54. The summed E-state index contributed by atoms with van der Waals surface area (Å²) in [5, 5.41) is 3.11. The van der Waals surface area contributed by atoms with Crippen LogP contribution in [0.15, 0.2) is 54.6 Å². The number of nitrogens with zero attached hydrogens (tertiary/aromatic N) is 4. The van der Waals surface area contributed by atoms with Gasteiger partial charge in [0.05, 0.1) is 22.8 Å². The van der Waals surface area contributed by atoms with Crippen molar-refractivity contribution in [2.45, 2.75) is 25.2 Å². The second-order valence-electron chi connectivity index (χ2n) is 7.46. The number of hydrogen-bond donors (Lipinski definition) is 2. The third-order valence-electron chi connectivity index (χ3n) is 5.28. The van der Waals surface area contributed by atoms with Crippen molar-refractivity contribution in [2.24, 2.45) is 0 Å². The molecule has 1 aliphatic carbocycles. The summed E-state index contributed by atoms with van der Waals surface area (Å²) in [6.07, 6.45) is -0.346. The third-order valence-corrected chi connectivity index (χ3v) is 5.28. The summed E-state index contributed by atoms with van der Waals surface area (Å²) in [4.78, 5) is 14.9. The van der Waals surface area contributed by atoms with Crippen molar-refractivity contribution in [2.75, 3.05) is 18.2 Å². The Balaban J connectivity index is 1.61. The number of nitrogens with one attached hydrogen (secondary N) is 1. The van der Waals surface area contributed by atoms with E-state index in [0.717, 1.165) is 29.7 Å². The number of nitrogen functional groups attached to an aromatic ring is 1. The molecule has 0 saturated heterocycles. The lowest BCUT2D eigenvalue weighted by Crippen LogP contribution is -2.46. The number of hydrogen-bond acceptors (Lipinski definition) is 5. The van der Waals surface area contributed by atoms with Gasteiger partial charge in [0.25, 0.3) is 6.43 Å². The van der Waals surface area contributed by atoms with E-state index in [4.69, 9.17) is 20.5 Å². The van der Waals surface area contributed by atoms with Crippen LogP contribution in [0.5, 0.6) is 0 Å². The summed E-state index contributed by atoms with van der Waals surface area (Å²) in [7, 11) is 1.48. The van der Waals surface area contributed by atoms with Crippen LogP contribution in [-0.4, -0.2) is 21.6 Å². The first-order chi connectivity index (χ1) is 15.0. The zero-order valence-electron chi connectivity index (χ0n) is 16.8. The van der Waals surface area contributed by atoms with Crippen LogP contribution >= 0.6 is 0 Å². The molecule has 2 aromatic heterocycles. The number of aromatic nitrogens is 4. The van der Waals surface area contributed by atoms with Crippen LogP contribution in [0, 0.1) is 0 Å². The summed E-state index contributed by atoms with van der Waals surface area (Å²) in [5.41, 5.74) is 8.63. The molecule has 0 aliphatic heterocycles. The van der Waals surface area contributed by atoms with E-state index in [-0.39, 0.29) is 5.56 Å². The Kier molecular flexibility index (Phi) is 4.65. The first-order valence-electron chi connectivity index (χ1n) is 9.95. The average molecular weight is 423 g/mol. The van der Waals surface area contributed by atoms with E-state index in [1.165, 1.54) is 24.0 Å². The molecule has 7 nitrogen and oxygen atoms in total. The Morgan fingerprint density at radius 1 is 1.13 bits per heavy atom. The summed E-state index contributed by atoms with van der Waals surface area (Å²) < 4.78 is 29.1. The van der Waals surface area contributed by atoms with Crippen LogP contribution in [0.3, 0.4) is 0 Å². The molecule has 1 aliphatic rings. The number of imidazole rings is 1. The van der Waals surface area contributed by atoms with Crippen molar-refractivity contribution in [1.29, 1.82) is 0 Å². The molecule has 5 rings (SSSR count). The van der Waals surface area contributed by atoms with E-state index in [9.17, 15) is 8.78 Å². The summed E-state index contributed by atoms with van der Waals surface area (Å²) in [6.45, 7) is 0. The van der Waals surface area contributed by atoms with E-state index in [0.29, 0.717) is 29.2 Å². The maximum atomic E-state index is 12.9. The minimum absolute atomic E-state index is 0.0506. The van der Waals surface area contributed by atoms with Crippen molar-refractivity contribution in [3.8, 4) is 5.82 Å². The van der Waals surface area contributed by atoms with Crippen LogP contribution < -0.4 is 20.6 Å². The molecule has 0 amide bonds. The molecule has 31 heavy (non-hydrogen) atoms. The van der Waals surface area contributed by atoms with Gasteiger partial charge in [-0.2, -0.15) is 0 Å². The van der Waals surface area contributed by atoms with Gasteiger partial charge in [0.2, 0.25) is 11.6 Å². The Bertz CT molecular complexity index is 1250. The first kappa shape index (κ1) is 19.2. The molecule has 0 unspecified atom stereocenters. The van der Waals surface area contributed by atoms with Crippen LogP contribution in [0.1, 0.15) is 36.6 Å². The van der Waals surface area contributed by atoms with Gasteiger partial charge in [-0.05, 0) is 41.8 Å². The molecule has 2 aromatic carbocycles. The molecular formula is C22H21F2N6O+. The van der Waals surface area contributed by atoms with Gasteiger partial charge in [0.1, 0.15) is 12.9 Å². The Morgan fingerprint density at radius 3 is 2.55 bits per heavy atom. The molecule has 1 fully saturated rings. The van der Waals surface area contributed by atoms with Gasteiger partial charge in [0, 0.05) is 11.5 Å². The molecule has 9 heteroatoms. The monoisotopic (exact) mass is 423 g/mol. The second-order valence-corrected chi connectivity index (χ2v) is 7.46. The van der Waals surface area contributed by atoms with Gasteiger partial charge in [-0.3, -0.25) is 9.88 Å². The molecule has 1 saturated carbocycles. The standard InChI is InChI=1S/C22H20F2N6O/c1-31-30-18(25)12-19(28-22(30)26-15-10-8-13(9-11-15)20(23)24)29-17-5-3-2-4-16(17)27-21(29)14-6-7-14/h2-5,8-12,14,20H,6-7H2,1H3,(H2,25,26,28)/p+1. The topological polar surface area (TPSA) is 81.9 Å². The zero-order chi connectivity index (χ0) is 21.5. The minimum Gasteiger partial charge on any atom is -0.371 e. The fourth-order valence-corrected chi connectivity index (χ4v) is 3.63. The Morgan fingerprint density at radius 2 is 1.87 bits per heavy atom. The number of anilines is 3. The van der Waals surface area contributed by atoms with Gasteiger partial charge in [-0.15, -0.1) is 0 Å². The van der Waals surface area contributed by atoms with E-state index < -0.39 is 6.43 Å². The number of rotatable bonds is 6. The number of halogens is 2. The summed E-state index contributed by atoms with van der Waals surface area (Å²) in [6, 6.07) is 15.5. The minimum atomic E-state index is -2.52. The van der Waals surface area contributed by atoms with E-state index >= 15 is 0 Å². The number of nitrogens with two attached hydrogens (primary N) is 1. The van der Waals surface area contributed by atoms with Crippen LogP contribution in [0.4, 0.5) is 26.2 Å². The van der Waals surface area contributed by atoms with Crippen molar-refractivity contribution < 1.29 is 18.3 Å². The highest BCUT2D eigenvalue weighted by Gasteiger charge is 2.32. The fourth-order valence-electron chi connectivity index (χ4n) is 3.63. The largest absolute Gasteiger partial charge is 0.390 e. The van der Waals surface area contributed by atoms with Crippen molar-refractivity contribution >= 4 is 28.5 Å². The van der Waals surface area contributed by atoms with Gasteiger partial charge >= 0.3 is 5.95 Å². The smallest absolute Gasteiger partial charge is 0.371 e. The summed E-state index contributed by atoms with van der Waals surface area (Å²) in [5.74, 6) is 2.60. The highest BCUT2D eigenvalue weighted by Crippen LogP contribution is 2.41. The zero-order valence-corrected chi connectivity index (χ0v) is 16.8. The van der Waals surface area contributed by atoms with Crippen molar-refractivity contribution in [3.05, 3.63) is 66.0 Å². The van der Waals surface area contributed by atoms with E-state index in [1.807, 2.05) is 28.8 Å². The highest BCUT2D eigenvalue weighted by molar-refractivity contribution is 5.78. The number of fused-ring (bicyclic) bond motifs is 1. The molecule has 3 N–H and O–H groups in total. The van der Waals surface area contributed by atoms with Crippen molar-refractivity contribution in [1.82, 2.24) is 14.5 Å². The van der Waals surface area contributed by atoms with Gasteiger partial charge in [0.15, 0.2) is 0 Å². The lowest BCUT2D eigenvalue weighted by Gasteiger charge is -2.12. The molecule has 0 spiro atoms. The summed E-state index contributed by atoms with van der Waals surface area (Å²) >= 11 is 0. The SMILES string of the molecule is CO[n+]1c(N)cc(-n2c(C3CC3)nc3ccccc32)nc1Nc1ccc(C(F)F)cc1. The van der Waals surface area contributed by atoms with Crippen LogP contribution in [0.2, 0.25) is 0 Å². The molecule has 0 bridgehead atoms. The molecule has 0 atom stereocenters. The lowest BCUT2D eigenvalue weighted by molar-refractivity contribution is -0.864. The van der Waals surface area contributed by atoms with Gasteiger partial charge in [-0.1, -0.05) is 29.2 Å². The quantitative estimate of drug-likeness (QED) is 0.460. The Hall–Kier alpha value is -3.75. The van der Waals surface area contributed by atoms with Crippen LogP contribution in [-0.2, 0) is 0 Å². The molecule has 0 radical (unpaired) electrons. The van der Waals surface area contributed by atoms with Gasteiger partial charge in [-0.25, -0.2) is 13.8 Å². The number of benzene rings is 2. The predicted octanol–water partition coefficient (Wildman–Crippen LogP) is 3.91. The molecule has 158 valence electrons. The molecule has 2 heterocycles. The Labute approximate surface area is 177 Å². The molecule has 4 aromatic rings. The van der Waals surface area contributed by atoms with Crippen molar-refractivity contribution in [3.63, 3.8) is 0 Å². The number of alkyl halides is 2. The number of para-hydroxylation sites is 2. The maximum Gasteiger partial charge on any atom is 0.390 e. The van der Waals surface area contributed by atoms with E-state index in [1.54, 1.807) is 18.2 Å². The third kappa shape index (κ3) is 3.52. The highest BCUT2D eigenvalue weighted by atomic mass is 19.3. The predicted molar refractivity (Wildman–Crippen MR) is 113 cm³/mol. The second kappa shape index (κ2) is 7.50. The lowest BCUT2D eigenvalue weighted by atomic mass is 10.2. The van der Waals surface area contributed by atoms with Crippen LogP contribution in [0.25, 0.3) is 16.9 Å². The first-order valence-corrected chi connectivity index (χ1v) is 9.95. The van der Waals surface area contributed by atoms with E-state index in [2.05, 4.69) is 5.32 Å². The maximum absolute atomic E-state index is 12.9. The fraction of sp³-hybridized carbons (Fsp3) is 0.227. The van der Waals surface area contributed by atoms with Gasteiger partial charge < -0.3 is 10.6 Å². The molecular weight excluding hydrogens is 402 g/mol.